The summed E-state index contributed by atoms with van der Waals surface area (Å²) >= 11 is 0. The SMILES string of the molecule is Cn1ncc(N2CCC[C@@H](C(=O)N3CCN(C(=O)c4ccco4)CC3)C2)cc1=O. The highest BCUT2D eigenvalue weighted by molar-refractivity contribution is 5.91. The Kier molecular flexibility index (Phi) is 5.37. The first-order valence-electron chi connectivity index (χ1n) is 9.93. The Labute approximate surface area is 168 Å². The first-order valence-corrected chi connectivity index (χ1v) is 9.93. The normalized spacial score (nSPS) is 20.0. The maximum atomic E-state index is 13.1. The molecule has 2 aromatic rings. The average Bonchev–Trinajstić information content (AvgIpc) is 3.30. The minimum atomic E-state index is -0.159. The number of nitrogens with zero attached hydrogens (tertiary/aromatic N) is 5. The quantitative estimate of drug-likeness (QED) is 0.750. The molecule has 2 amide bonds. The molecule has 2 aliphatic rings. The second-order valence-corrected chi connectivity index (χ2v) is 7.56. The van der Waals surface area contributed by atoms with Crippen LogP contribution >= 0.6 is 0 Å². The number of piperidine rings is 1. The minimum absolute atomic E-state index is 0.111. The standard InChI is InChI=1S/C20H25N5O4/c1-22-18(26)12-16(13-21-22)25-6-2-4-15(14-25)19(27)23-7-9-24(10-8-23)20(28)17-5-3-11-29-17/h3,5,11-13,15H,2,4,6-10,14H2,1H3/t15-/m1/s1. The van der Waals surface area contributed by atoms with Crippen LogP contribution in [-0.4, -0.2) is 70.7 Å². The molecular formula is C20H25N5O4. The van der Waals surface area contributed by atoms with Crippen LogP contribution in [0.5, 0.6) is 0 Å². The second kappa shape index (κ2) is 8.10. The van der Waals surface area contributed by atoms with E-state index in [2.05, 4.69) is 10.00 Å². The topological polar surface area (TPSA) is 91.9 Å². The molecule has 2 fully saturated rings. The summed E-state index contributed by atoms with van der Waals surface area (Å²) < 4.78 is 6.47. The molecule has 9 nitrogen and oxygen atoms in total. The van der Waals surface area contributed by atoms with Crippen molar-refractivity contribution in [2.75, 3.05) is 44.2 Å². The van der Waals surface area contributed by atoms with E-state index in [0.717, 1.165) is 25.1 Å². The minimum Gasteiger partial charge on any atom is -0.459 e. The summed E-state index contributed by atoms with van der Waals surface area (Å²) in [7, 11) is 1.62. The van der Waals surface area contributed by atoms with Crippen LogP contribution in [-0.2, 0) is 11.8 Å². The maximum absolute atomic E-state index is 13.1. The van der Waals surface area contributed by atoms with Gasteiger partial charge in [-0.3, -0.25) is 14.4 Å². The van der Waals surface area contributed by atoms with E-state index in [1.54, 1.807) is 36.3 Å². The Hall–Kier alpha value is -3.10. The van der Waals surface area contributed by atoms with Gasteiger partial charge in [0.15, 0.2) is 5.76 Å². The molecule has 0 bridgehead atoms. The molecule has 0 aliphatic carbocycles. The van der Waals surface area contributed by atoms with Gasteiger partial charge in [-0.15, -0.1) is 0 Å². The van der Waals surface area contributed by atoms with E-state index in [0.29, 0.717) is 38.5 Å². The molecule has 154 valence electrons. The zero-order valence-electron chi connectivity index (χ0n) is 16.5. The predicted octanol–water partition coefficient (Wildman–Crippen LogP) is 0.574. The van der Waals surface area contributed by atoms with E-state index in [1.165, 1.54) is 10.9 Å². The summed E-state index contributed by atoms with van der Waals surface area (Å²) in [6, 6.07) is 4.92. The number of rotatable bonds is 3. The third-order valence-electron chi connectivity index (χ3n) is 5.70. The number of piperazine rings is 1. The molecule has 0 saturated carbocycles. The molecule has 4 heterocycles. The third kappa shape index (κ3) is 4.03. The molecule has 0 spiro atoms. The van der Waals surface area contributed by atoms with Gasteiger partial charge < -0.3 is 19.1 Å². The lowest BCUT2D eigenvalue weighted by molar-refractivity contribution is -0.137. The summed E-state index contributed by atoms with van der Waals surface area (Å²) in [5.74, 6) is 0.205. The highest BCUT2D eigenvalue weighted by atomic mass is 16.3. The van der Waals surface area contributed by atoms with Crippen LogP contribution < -0.4 is 10.5 Å². The Morgan fingerprint density at radius 1 is 1.14 bits per heavy atom. The van der Waals surface area contributed by atoms with Crippen molar-refractivity contribution in [3.63, 3.8) is 0 Å². The van der Waals surface area contributed by atoms with Crippen molar-refractivity contribution in [2.24, 2.45) is 13.0 Å². The maximum Gasteiger partial charge on any atom is 0.289 e. The van der Waals surface area contributed by atoms with Gasteiger partial charge in [0, 0.05) is 52.4 Å². The fourth-order valence-corrected chi connectivity index (χ4v) is 3.99. The molecule has 4 rings (SSSR count). The zero-order chi connectivity index (χ0) is 20.4. The van der Waals surface area contributed by atoms with E-state index >= 15 is 0 Å². The lowest BCUT2D eigenvalue weighted by atomic mass is 9.96. The van der Waals surface area contributed by atoms with Crippen LogP contribution in [0.25, 0.3) is 0 Å². The highest BCUT2D eigenvalue weighted by Gasteiger charge is 2.32. The number of carbonyl (C=O) groups excluding carboxylic acids is 2. The van der Waals surface area contributed by atoms with Gasteiger partial charge in [0.25, 0.3) is 11.5 Å². The summed E-state index contributed by atoms with van der Waals surface area (Å²) in [6.07, 6.45) is 4.88. The number of aromatic nitrogens is 2. The molecule has 2 saturated heterocycles. The smallest absolute Gasteiger partial charge is 0.289 e. The monoisotopic (exact) mass is 399 g/mol. The van der Waals surface area contributed by atoms with Crippen LogP contribution in [0.3, 0.4) is 0 Å². The van der Waals surface area contributed by atoms with Gasteiger partial charge in [0.1, 0.15) is 0 Å². The molecular weight excluding hydrogens is 374 g/mol. The number of anilines is 1. The fourth-order valence-electron chi connectivity index (χ4n) is 3.99. The van der Waals surface area contributed by atoms with Gasteiger partial charge in [-0.2, -0.15) is 5.10 Å². The number of furan rings is 1. The highest BCUT2D eigenvalue weighted by Crippen LogP contribution is 2.24. The fraction of sp³-hybridized carbons (Fsp3) is 0.500. The third-order valence-corrected chi connectivity index (χ3v) is 5.70. The molecule has 0 aromatic carbocycles. The molecule has 29 heavy (non-hydrogen) atoms. The van der Waals surface area contributed by atoms with Gasteiger partial charge >= 0.3 is 0 Å². The van der Waals surface area contributed by atoms with Crippen molar-refractivity contribution in [3.05, 3.63) is 46.8 Å². The molecule has 2 aliphatic heterocycles. The van der Waals surface area contributed by atoms with Crippen molar-refractivity contribution in [1.82, 2.24) is 19.6 Å². The Bertz CT molecular complexity index is 931. The van der Waals surface area contributed by atoms with Gasteiger partial charge in [-0.25, -0.2) is 4.68 Å². The second-order valence-electron chi connectivity index (χ2n) is 7.56. The molecule has 1 atom stereocenters. The van der Waals surface area contributed by atoms with Crippen LogP contribution in [0, 0.1) is 5.92 Å². The van der Waals surface area contributed by atoms with Crippen molar-refractivity contribution >= 4 is 17.5 Å². The lowest BCUT2D eigenvalue weighted by Gasteiger charge is -2.39. The average molecular weight is 399 g/mol. The van der Waals surface area contributed by atoms with E-state index in [-0.39, 0.29) is 23.3 Å². The van der Waals surface area contributed by atoms with Gasteiger partial charge in [-0.05, 0) is 25.0 Å². The first kappa shape index (κ1) is 19.2. The van der Waals surface area contributed by atoms with Crippen LogP contribution in [0.15, 0.2) is 39.9 Å². The van der Waals surface area contributed by atoms with E-state index in [1.807, 2.05) is 4.90 Å². The summed E-state index contributed by atoms with van der Waals surface area (Å²) in [5, 5.41) is 4.08. The van der Waals surface area contributed by atoms with Crippen LogP contribution in [0.4, 0.5) is 5.69 Å². The molecule has 0 unspecified atom stereocenters. The van der Waals surface area contributed by atoms with E-state index < -0.39 is 0 Å². The summed E-state index contributed by atoms with van der Waals surface area (Å²) in [5.41, 5.74) is 0.604. The predicted molar refractivity (Wildman–Crippen MR) is 106 cm³/mol. The molecule has 0 radical (unpaired) electrons. The number of amides is 2. The molecule has 2 aromatic heterocycles. The molecule has 9 heteroatoms. The Balaban J connectivity index is 1.35. The number of hydrogen-bond acceptors (Lipinski definition) is 6. The zero-order valence-corrected chi connectivity index (χ0v) is 16.5. The Morgan fingerprint density at radius 3 is 2.59 bits per heavy atom. The van der Waals surface area contributed by atoms with E-state index in [9.17, 15) is 14.4 Å². The lowest BCUT2D eigenvalue weighted by Crippen LogP contribution is -2.53. The van der Waals surface area contributed by atoms with Gasteiger partial charge in [0.2, 0.25) is 5.91 Å². The largest absolute Gasteiger partial charge is 0.459 e. The van der Waals surface area contributed by atoms with Gasteiger partial charge in [0.05, 0.1) is 24.1 Å². The first-order chi connectivity index (χ1) is 14.0. The number of hydrogen-bond donors (Lipinski definition) is 0. The van der Waals surface area contributed by atoms with Gasteiger partial charge in [-0.1, -0.05) is 0 Å². The van der Waals surface area contributed by atoms with E-state index in [4.69, 9.17) is 4.42 Å². The Morgan fingerprint density at radius 2 is 1.90 bits per heavy atom. The summed E-state index contributed by atoms with van der Waals surface area (Å²) in [4.78, 5) is 42.9. The summed E-state index contributed by atoms with van der Waals surface area (Å²) in [6.45, 7) is 3.44. The van der Waals surface area contributed by atoms with Crippen LogP contribution in [0.2, 0.25) is 0 Å². The van der Waals surface area contributed by atoms with Crippen molar-refractivity contribution < 1.29 is 14.0 Å². The van der Waals surface area contributed by atoms with Crippen molar-refractivity contribution in [1.29, 1.82) is 0 Å². The van der Waals surface area contributed by atoms with Crippen molar-refractivity contribution in [3.8, 4) is 0 Å². The molecule has 0 N–H and O–H groups in total. The number of carbonyl (C=O) groups is 2. The van der Waals surface area contributed by atoms with Crippen molar-refractivity contribution in [2.45, 2.75) is 12.8 Å². The number of aryl methyl sites for hydroxylation is 1. The van der Waals surface area contributed by atoms with Crippen LogP contribution in [0.1, 0.15) is 23.4 Å².